The quantitative estimate of drug-likeness (QED) is 0.412. The molecule has 0 saturated carbocycles. The molecule has 1 aromatic rings. The van der Waals surface area contributed by atoms with E-state index in [1.54, 1.807) is 21.2 Å². The molecule has 3 heteroatoms. The molecule has 0 aromatic carbocycles. The van der Waals surface area contributed by atoms with E-state index in [9.17, 15) is 0 Å². The summed E-state index contributed by atoms with van der Waals surface area (Å²) in [4.78, 5) is 6.97. The predicted octanol–water partition coefficient (Wildman–Crippen LogP) is 6.08. The molecule has 0 unspecified atom stereocenters. The normalized spacial score (nSPS) is 15.0. The van der Waals surface area contributed by atoms with E-state index in [1.807, 2.05) is 0 Å². The first-order valence-corrected chi connectivity index (χ1v) is 18.0. The van der Waals surface area contributed by atoms with Crippen molar-refractivity contribution in [2.75, 3.05) is 0 Å². The molecule has 126 valence electrons. The summed E-state index contributed by atoms with van der Waals surface area (Å²) >= 11 is -0.0551. The van der Waals surface area contributed by atoms with E-state index >= 15 is 0 Å². The average molecular weight is 428 g/mol. The third kappa shape index (κ3) is 4.72. The Kier molecular flexibility index (Phi) is 8.24. The van der Waals surface area contributed by atoms with Crippen LogP contribution >= 0.6 is 11.3 Å². The van der Waals surface area contributed by atoms with Crippen LogP contribution in [0.5, 0.6) is 0 Å². The summed E-state index contributed by atoms with van der Waals surface area (Å²) in [5.74, 6) is 0. The first-order valence-electron chi connectivity index (χ1n) is 9.74. The second-order valence-corrected chi connectivity index (χ2v) is 22.2. The van der Waals surface area contributed by atoms with Crippen LogP contribution in [0.15, 0.2) is 0 Å². The summed E-state index contributed by atoms with van der Waals surface area (Å²) in [5.41, 5.74) is 1.51. The van der Waals surface area contributed by atoms with Crippen LogP contribution in [0.3, 0.4) is 0 Å². The zero-order valence-electron chi connectivity index (χ0n) is 15.0. The van der Waals surface area contributed by atoms with Gasteiger partial charge in [-0.1, -0.05) is 0 Å². The van der Waals surface area contributed by atoms with Gasteiger partial charge < -0.3 is 0 Å². The molecule has 1 heterocycles. The van der Waals surface area contributed by atoms with E-state index < -0.39 is 18.4 Å². The second kappa shape index (κ2) is 9.66. The minimum absolute atomic E-state index is 1.27. The van der Waals surface area contributed by atoms with E-state index in [0.29, 0.717) is 0 Å². The van der Waals surface area contributed by atoms with Crippen molar-refractivity contribution < 1.29 is 0 Å². The number of fused-ring (bicyclic) bond motifs is 1. The van der Waals surface area contributed by atoms with Crippen molar-refractivity contribution in [3.63, 3.8) is 0 Å². The maximum absolute atomic E-state index is 5.29. The van der Waals surface area contributed by atoms with Gasteiger partial charge in [0.25, 0.3) is 0 Å². The molecule has 1 aliphatic carbocycles. The number of aromatic nitrogens is 1. The van der Waals surface area contributed by atoms with Gasteiger partial charge in [0.05, 0.1) is 0 Å². The number of hydrogen-bond donors (Lipinski definition) is 0. The zero-order chi connectivity index (χ0) is 15.8. The second-order valence-electron chi connectivity index (χ2n) is 7.19. The fourth-order valence-electron chi connectivity index (χ4n) is 3.82. The van der Waals surface area contributed by atoms with Gasteiger partial charge in [-0.05, 0) is 0 Å². The topological polar surface area (TPSA) is 12.9 Å². The Morgan fingerprint density at radius 2 is 1.41 bits per heavy atom. The Morgan fingerprint density at radius 1 is 0.864 bits per heavy atom. The molecular formula is C19H35NSSn. The number of thiazole rings is 1. The SMILES string of the molecule is CCC[CH2][Sn]([CH2]CCC)([CH2]CCC)[c]1nc2c(s1)CCCC2. The van der Waals surface area contributed by atoms with Crippen LogP contribution in [0.1, 0.15) is 82.7 Å². The summed E-state index contributed by atoms with van der Waals surface area (Å²) in [6.45, 7) is 7.09. The Labute approximate surface area is 146 Å². The van der Waals surface area contributed by atoms with Crippen molar-refractivity contribution in [3.8, 4) is 0 Å². The van der Waals surface area contributed by atoms with E-state index in [-0.39, 0.29) is 0 Å². The Bertz CT molecular complexity index is 395. The summed E-state index contributed by atoms with van der Waals surface area (Å²) < 4.78 is 6.42. The Balaban J connectivity index is 2.27. The molecule has 1 aliphatic rings. The Morgan fingerprint density at radius 3 is 1.91 bits per heavy atom. The molecule has 0 N–H and O–H groups in total. The van der Waals surface area contributed by atoms with Gasteiger partial charge in [-0.3, -0.25) is 0 Å². The van der Waals surface area contributed by atoms with Gasteiger partial charge >= 0.3 is 147 Å². The minimum atomic E-state index is -2.23. The van der Waals surface area contributed by atoms with Crippen LogP contribution in [0.25, 0.3) is 0 Å². The van der Waals surface area contributed by atoms with Crippen molar-refractivity contribution in [2.45, 2.75) is 98.3 Å². The number of rotatable bonds is 10. The van der Waals surface area contributed by atoms with E-state index in [4.69, 9.17) is 4.98 Å². The summed E-state index contributed by atoms with van der Waals surface area (Å²) in [6.07, 6.45) is 13.8. The zero-order valence-corrected chi connectivity index (χ0v) is 18.7. The van der Waals surface area contributed by atoms with Gasteiger partial charge in [-0.25, -0.2) is 0 Å². The van der Waals surface area contributed by atoms with E-state index in [1.165, 1.54) is 69.9 Å². The number of unbranched alkanes of at least 4 members (excludes halogenated alkanes) is 3. The van der Waals surface area contributed by atoms with Crippen molar-refractivity contribution >= 4 is 32.7 Å². The molecule has 0 spiro atoms. The Hall–Kier alpha value is 0.429. The van der Waals surface area contributed by atoms with Crippen LogP contribution in [-0.2, 0) is 12.8 Å². The molecule has 0 saturated heterocycles. The van der Waals surface area contributed by atoms with Crippen molar-refractivity contribution in [3.05, 3.63) is 10.6 Å². The molecular weight excluding hydrogens is 393 g/mol. The summed E-state index contributed by atoms with van der Waals surface area (Å²) in [6, 6.07) is 0. The average Bonchev–Trinajstić information content (AvgIpc) is 2.99. The first-order chi connectivity index (χ1) is 10.8. The molecule has 0 aliphatic heterocycles. The van der Waals surface area contributed by atoms with Gasteiger partial charge in [0.2, 0.25) is 0 Å². The van der Waals surface area contributed by atoms with Crippen LogP contribution in [-0.4, -0.2) is 23.4 Å². The molecule has 2 rings (SSSR count). The van der Waals surface area contributed by atoms with Crippen molar-refractivity contribution in [1.82, 2.24) is 4.98 Å². The van der Waals surface area contributed by atoms with Gasteiger partial charge in [-0.2, -0.15) is 0 Å². The molecule has 22 heavy (non-hydrogen) atoms. The van der Waals surface area contributed by atoms with Gasteiger partial charge in [-0.15, -0.1) is 0 Å². The van der Waals surface area contributed by atoms with Crippen LogP contribution in [0, 0.1) is 0 Å². The van der Waals surface area contributed by atoms with Gasteiger partial charge in [0.1, 0.15) is 0 Å². The molecule has 1 nitrogen and oxygen atoms in total. The number of nitrogens with zero attached hydrogens (tertiary/aromatic N) is 1. The third-order valence-electron chi connectivity index (χ3n) is 5.33. The third-order valence-corrected chi connectivity index (χ3v) is 24.2. The fraction of sp³-hybridized carbons (Fsp3) is 0.842. The monoisotopic (exact) mass is 429 g/mol. The van der Waals surface area contributed by atoms with E-state index in [0.717, 1.165) is 0 Å². The van der Waals surface area contributed by atoms with Gasteiger partial charge in [0.15, 0.2) is 0 Å². The molecule has 0 radical (unpaired) electrons. The van der Waals surface area contributed by atoms with Gasteiger partial charge in [0, 0.05) is 0 Å². The molecule has 0 amide bonds. The first kappa shape index (κ1) is 18.8. The van der Waals surface area contributed by atoms with Crippen molar-refractivity contribution in [1.29, 1.82) is 0 Å². The number of hydrogen-bond acceptors (Lipinski definition) is 2. The van der Waals surface area contributed by atoms with Crippen LogP contribution in [0.4, 0.5) is 0 Å². The maximum atomic E-state index is 5.29. The molecule has 1 aromatic heterocycles. The molecule has 0 fully saturated rings. The summed E-state index contributed by atoms with van der Waals surface area (Å²) in [5, 5.41) is 0. The summed E-state index contributed by atoms with van der Waals surface area (Å²) in [7, 11) is 0. The number of aryl methyl sites for hydroxylation is 2. The van der Waals surface area contributed by atoms with Crippen LogP contribution < -0.4 is 3.02 Å². The standard InChI is InChI=1S/C7H8NS.3C4H9.Sn/c1-2-4-7-6(3-1)8-5-9-7;3*1-3-4-2;/h1-4H2;3*1,3-4H2,2H3;. The molecule has 0 atom stereocenters. The van der Waals surface area contributed by atoms with Crippen LogP contribution in [0.2, 0.25) is 13.3 Å². The predicted molar refractivity (Wildman–Crippen MR) is 103 cm³/mol. The fourth-order valence-corrected chi connectivity index (χ4v) is 23.8. The van der Waals surface area contributed by atoms with Crippen molar-refractivity contribution in [2.24, 2.45) is 0 Å². The van der Waals surface area contributed by atoms with E-state index in [2.05, 4.69) is 32.1 Å². The molecule has 0 bridgehead atoms.